The Morgan fingerprint density at radius 1 is 1.48 bits per heavy atom. The van der Waals surface area contributed by atoms with Crippen LogP contribution < -0.4 is 0 Å². The maximum atomic E-state index is 12.8. The van der Waals surface area contributed by atoms with Crippen molar-refractivity contribution in [2.45, 2.75) is 18.3 Å². The van der Waals surface area contributed by atoms with E-state index in [9.17, 15) is 14.7 Å². The number of carbonyl (C=O) groups excluding carboxylic acids is 1. The number of nitrogens with zero attached hydrogens (tertiary/aromatic N) is 2. The minimum Gasteiger partial charge on any atom is -0.480 e. The smallest absolute Gasteiger partial charge is 0.327 e. The van der Waals surface area contributed by atoms with Gasteiger partial charge >= 0.3 is 5.97 Å². The van der Waals surface area contributed by atoms with E-state index in [1.54, 1.807) is 6.92 Å². The molecule has 1 aromatic carbocycles. The average Bonchev–Trinajstić information content (AvgIpc) is 3.12. The minimum atomic E-state index is -1.02. The summed E-state index contributed by atoms with van der Waals surface area (Å²) in [5.74, 6) is -1.06. The van der Waals surface area contributed by atoms with E-state index in [1.807, 2.05) is 24.3 Å². The molecular formula is C15H13BrN2O4S. The lowest BCUT2D eigenvalue weighted by atomic mass is 10.1. The van der Waals surface area contributed by atoms with Gasteiger partial charge in [0.1, 0.15) is 23.2 Å². The van der Waals surface area contributed by atoms with Gasteiger partial charge in [-0.2, -0.15) is 0 Å². The van der Waals surface area contributed by atoms with Gasteiger partial charge in [-0.1, -0.05) is 33.2 Å². The molecule has 2 heterocycles. The zero-order valence-electron chi connectivity index (χ0n) is 12.1. The monoisotopic (exact) mass is 396 g/mol. The van der Waals surface area contributed by atoms with Gasteiger partial charge in [0.2, 0.25) is 0 Å². The molecule has 0 saturated carbocycles. The lowest BCUT2D eigenvalue weighted by molar-refractivity contribution is -0.141. The van der Waals surface area contributed by atoms with Crippen molar-refractivity contribution in [1.82, 2.24) is 10.1 Å². The highest BCUT2D eigenvalue weighted by Gasteiger charge is 2.43. The van der Waals surface area contributed by atoms with Gasteiger partial charge in [-0.25, -0.2) is 4.79 Å². The quantitative estimate of drug-likeness (QED) is 0.857. The Kier molecular flexibility index (Phi) is 4.45. The van der Waals surface area contributed by atoms with E-state index >= 15 is 0 Å². The predicted octanol–water partition coefficient (Wildman–Crippen LogP) is 3.09. The van der Waals surface area contributed by atoms with Crippen molar-refractivity contribution >= 4 is 39.6 Å². The Morgan fingerprint density at radius 3 is 2.87 bits per heavy atom. The van der Waals surface area contributed by atoms with E-state index in [2.05, 4.69) is 21.1 Å². The first kappa shape index (κ1) is 16.1. The average molecular weight is 397 g/mol. The number of thioether (sulfide) groups is 1. The number of carboxylic acid groups (broad SMARTS) is 1. The van der Waals surface area contributed by atoms with Gasteiger partial charge in [-0.05, 0) is 24.6 Å². The summed E-state index contributed by atoms with van der Waals surface area (Å²) < 4.78 is 5.70. The molecule has 8 heteroatoms. The molecule has 0 spiro atoms. The molecule has 0 aliphatic carbocycles. The second-order valence-corrected chi connectivity index (χ2v) is 7.15. The fourth-order valence-corrected chi connectivity index (χ4v) is 4.33. The van der Waals surface area contributed by atoms with E-state index in [0.717, 1.165) is 10.0 Å². The molecule has 1 aliphatic rings. The largest absolute Gasteiger partial charge is 0.480 e. The van der Waals surface area contributed by atoms with E-state index in [-0.39, 0.29) is 11.3 Å². The number of hydrogen-bond acceptors (Lipinski definition) is 5. The molecule has 6 nitrogen and oxygen atoms in total. The number of aromatic nitrogens is 1. The molecule has 2 aromatic rings. The molecule has 1 fully saturated rings. The normalized spacial score (nSPS) is 20.7. The molecule has 23 heavy (non-hydrogen) atoms. The van der Waals surface area contributed by atoms with Crippen molar-refractivity contribution in [2.24, 2.45) is 0 Å². The summed E-state index contributed by atoms with van der Waals surface area (Å²) in [4.78, 5) is 25.8. The first-order valence-electron chi connectivity index (χ1n) is 6.82. The van der Waals surface area contributed by atoms with Crippen LogP contribution in [0.15, 0.2) is 39.5 Å². The highest BCUT2D eigenvalue weighted by atomic mass is 79.9. The van der Waals surface area contributed by atoms with Crippen LogP contribution in [-0.2, 0) is 4.79 Å². The summed E-state index contributed by atoms with van der Waals surface area (Å²) in [6.07, 6.45) is 1.26. The van der Waals surface area contributed by atoms with E-state index in [1.165, 1.54) is 22.9 Å². The highest BCUT2D eigenvalue weighted by Crippen LogP contribution is 2.43. The van der Waals surface area contributed by atoms with Gasteiger partial charge in [0, 0.05) is 10.2 Å². The third-order valence-electron chi connectivity index (χ3n) is 3.63. The van der Waals surface area contributed by atoms with Crippen LogP contribution in [0.5, 0.6) is 0 Å². The molecule has 1 amide bonds. The summed E-state index contributed by atoms with van der Waals surface area (Å²) in [6.45, 7) is 1.66. The molecule has 120 valence electrons. The van der Waals surface area contributed by atoms with Crippen molar-refractivity contribution in [2.75, 3.05) is 5.75 Å². The number of hydrogen-bond donors (Lipinski definition) is 1. The molecule has 1 aliphatic heterocycles. The molecule has 0 bridgehead atoms. The second kappa shape index (κ2) is 6.37. The van der Waals surface area contributed by atoms with Crippen molar-refractivity contribution < 1.29 is 19.2 Å². The van der Waals surface area contributed by atoms with Crippen molar-refractivity contribution in [1.29, 1.82) is 0 Å². The Morgan fingerprint density at radius 2 is 2.26 bits per heavy atom. The number of amides is 1. The van der Waals surface area contributed by atoms with Gasteiger partial charge in [0.15, 0.2) is 0 Å². The summed E-state index contributed by atoms with van der Waals surface area (Å²) >= 11 is 4.84. The van der Waals surface area contributed by atoms with Crippen LogP contribution >= 0.6 is 27.7 Å². The third-order valence-corrected chi connectivity index (χ3v) is 5.45. The number of benzene rings is 1. The number of carbonyl (C=O) groups is 2. The third kappa shape index (κ3) is 3.00. The van der Waals surface area contributed by atoms with E-state index in [0.29, 0.717) is 17.0 Å². The van der Waals surface area contributed by atoms with Crippen molar-refractivity contribution in [3.63, 3.8) is 0 Å². The Labute approximate surface area is 145 Å². The van der Waals surface area contributed by atoms with Crippen LogP contribution in [0, 0.1) is 6.92 Å². The molecule has 0 radical (unpaired) electrons. The Balaban J connectivity index is 2.01. The van der Waals surface area contributed by atoms with E-state index < -0.39 is 12.0 Å². The van der Waals surface area contributed by atoms with Gasteiger partial charge in [-0.15, -0.1) is 11.8 Å². The van der Waals surface area contributed by atoms with Gasteiger partial charge < -0.3 is 14.5 Å². The van der Waals surface area contributed by atoms with Crippen LogP contribution in [0.4, 0.5) is 0 Å². The molecule has 2 unspecified atom stereocenters. The van der Waals surface area contributed by atoms with Crippen molar-refractivity contribution in [3.8, 4) is 0 Å². The van der Waals surface area contributed by atoms with Crippen LogP contribution in [-0.4, -0.2) is 38.8 Å². The second-order valence-electron chi connectivity index (χ2n) is 5.12. The van der Waals surface area contributed by atoms with Crippen LogP contribution in [0.25, 0.3) is 0 Å². The van der Waals surface area contributed by atoms with Crippen LogP contribution in [0.3, 0.4) is 0 Å². The minimum absolute atomic E-state index is 0.291. The molecule has 2 atom stereocenters. The number of carboxylic acids is 1. The summed E-state index contributed by atoms with van der Waals surface area (Å²) in [7, 11) is 0. The van der Waals surface area contributed by atoms with Gasteiger partial charge in [-0.3, -0.25) is 4.79 Å². The van der Waals surface area contributed by atoms with Gasteiger partial charge in [0.05, 0.1) is 5.69 Å². The Bertz CT molecular complexity index is 763. The fourth-order valence-electron chi connectivity index (χ4n) is 2.50. The highest BCUT2D eigenvalue weighted by molar-refractivity contribution is 9.10. The lowest BCUT2D eigenvalue weighted by Gasteiger charge is -2.27. The number of aryl methyl sites for hydroxylation is 1. The lowest BCUT2D eigenvalue weighted by Crippen LogP contribution is -2.43. The predicted molar refractivity (Wildman–Crippen MR) is 88.2 cm³/mol. The first-order chi connectivity index (χ1) is 11.0. The number of halogens is 1. The maximum absolute atomic E-state index is 12.8. The standard InChI is InChI=1S/C15H13BrN2O4S/c1-8-11(6-22-17-8)13(19)18-12(15(20)21)7-23-14(18)9-3-2-4-10(16)5-9/h2-6,12,14H,7H2,1H3,(H,20,21). The molecule has 1 aromatic heterocycles. The molecule has 1 N–H and O–H groups in total. The van der Waals surface area contributed by atoms with Gasteiger partial charge in [0.25, 0.3) is 5.91 Å². The van der Waals surface area contributed by atoms with Crippen molar-refractivity contribution in [3.05, 3.63) is 51.8 Å². The molecule has 3 rings (SSSR count). The first-order valence-corrected chi connectivity index (χ1v) is 8.66. The Hall–Kier alpha value is -1.80. The molecular weight excluding hydrogens is 384 g/mol. The summed E-state index contributed by atoms with van der Waals surface area (Å²) in [6, 6.07) is 6.64. The summed E-state index contributed by atoms with van der Waals surface area (Å²) in [5.41, 5.74) is 1.61. The SMILES string of the molecule is Cc1nocc1C(=O)N1C(C(=O)O)CSC1c1cccc(Br)c1. The van der Waals surface area contributed by atoms with Crippen LogP contribution in [0.2, 0.25) is 0 Å². The number of rotatable bonds is 3. The number of aliphatic carboxylic acids is 1. The zero-order valence-corrected chi connectivity index (χ0v) is 14.5. The summed E-state index contributed by atoms with van der Waals surface area (Å²) in [5, 5.41) is 12.8. The van der Waals surface area contributed by atoms with Crippen LogP contribution in [0.1, 0.15) is 27.0 Å². The maximum Gasteiger partial charge on any atom is 0.327 e. The van der Waals surface area contributed by atoms with E-state index in [4.69, 9.17) is 4.52 Å². The zero-order chi connectivity index (χ0) is 16.6. The molecule has 1 saturated heterocycles. The fraction of sp³-hybridized carbons (Fsp3) is 0.267. The topological polar surface area (TPSA) is 83.6 Å².